The number of nitrogens with one attached hydrogen (secondary N) is 1. The molecule has 0 spiro atoms. The normalized spacial score (nSPS) is 17.8. The van der Waals surface area contributed by atoms with Gasteiger partial charge in [-0.3, -0.25) is 15.0 Å². The lowest BCUT2D eigenvalue weighted by Gasteiger charge is -2.32. The second kappa shape index (κ2) is 9.34. The smallest absolute Gasteiger partial charge is 0.273 e. The first-order valence-electron chi connectivity index (χ1n) is 9.47. The van der Waals surface area contributed by atoms with E-state index < -0.39 is 14.9 Å². The van der Waals surface area contributed by atoms with Gasteiger partial charge in [-0.05, 0) is 36.9 Å². The third-order valence-electron chi connectivity index (χ3n) is 5.06. The minimum atomic E-state index is -3.84. The Morgan fingerprint density at radius 3 is 2.69 bits per heavy atom. The summed E-state index contributed by atoms with van der Waals surface area (Å²) in [6.07, 6.45) is 1.96. The topological polar surface area (TPSA) is 102 Å². The van der Waals surface area contributed by atoms with E-state index in [0.29, 0.717) is 6.54 Å². The second-order valence-corrected chi connectivity index (χ2v) is 8.91. The fourth-order valence-electron chi connectivity index (χ4n) is 3.60. The molecule has 0 aromatic heterocycles. The molecule has 8 nitrogen and oxygen atoms in total. The van der Waals surface area contributed by atoms with E-state index in [4.69, 9.17) is 4.74 Å². The van der Waals surface area contributed by atoms with Crippen molar-refractivity contribution in [2.24, 2.45) is 5.92 Å². The Hall–Kier alpha value is -2.49. The molecule has 9 heteroatoms. The van der Waals surface area contributed by atoms with Gasteiger partial charge < -0.3 is 4.74 Å². The summed E-state index contributed by atoms with van der Waals surface area (Å²) < 4.78 is 33.2. The average Bonchev–Trinajstić information content (AvgIpc) is 2.73. The molecule has 1 atom stereocenters. The van der Waals surface area contributed by atoms with Crippen LogP contribution in [0.25, 0.3) is 0 Å². The molecule has 1 saturated heterocycles. The van der Waals surface area contributed by atoms with Crippen molar-refractivity contribution < 1.29 is 18.1 Å². The van der Waals surface area contributed by atoms with E-state index in [1.807, 2.05) is 18.2 Å². The Labute approximate surface area is 170 Å². The van der Waals surface area contributed by atoms with Crippen LogP contribution in [0.15, 0.2) is 53.4 Å². The molecule has 1 aliphatic heterocycles. The van der Waals surface area contributed by atoms with Gasteiger partial charge in [0.15, 0.2) is 0 Å². The Morgan fingerprint density at radius 2 is 2.00 bits per heavy atom. The van der Waals surface area contributed by atoms with Crippen molar-refractivity contribution in [1.29, 1.82) is 0 Å². The maximum Gasteiger partial charge on any atom is 0.273 e. The van der Waals surface area contributed by atoms with Crippen molar-refractivity contribution >= 4 is 15.7 Å². The highest BCUT2D eigenvalue weighted by Crippen LogP contribution is 2.28. The molecule has 3 rings (SSSR count). The first kappa shape index (κ1) is 21.2. The van der Waals surface area contributed by atoms with Gasteiger partial charge in [-0.25, -0.2) is 13.1 Å². The van der Waals surface area contributed by atoms with Crippen LogP contribution in [0.1, 0.15) is 18.4 Å². The number of nitrogens with zero attached hydrogens (tertiary/aromatic N) is 2. The van der Waals surface area contributed by atoms with Gasteiger partial charge in [0.05, 0.1) is 18.1 Å². The summed E-state index contributed by atoms with van der Waals surface area (Å²) in [6.45, 7) is 2.97. The van der Waals surface area contributed by atoms with E-state index in [1.165, 1.54) is 24.8 Å². The number of hydrogen-bond donors (Lipinski definition) is 1. The molecule has 1 fully saturated rings. The number of rotatable bonds is 8. The van der Waals surface area contributed by atoms with Crippen LogP contribution in [0.2, 0.25) is 0 Å². The van der Waals surface area contributed by atoms with Crippen molar-refractivity contribution in [2.45, 2.75) is 24.3 Å². The second-order valence-electron chi connectivity index (χ2n) is 7.17. The van der Waals surface area contributed by atoms with E-state index in [-0.39, 0.29) is 22.3 Å². The van der Waals surface area contributed by atoms with Crippen molar-refractivity contribution in [2.75, 3.05) is 26.7 Å². The molecule has 156 valence electrons. The predicted octanol–water partition coefficient (Wildman–Crippen LogP) is 2.79. The highest BCUT2D eigenvalue weighted by Gasteiger charge is 2.25. The van der Waals surface area contributed by atoms with Crippen LogP contribution in [0, 0.1) is 16.0 Å². The zero-order valence-corrected chi connectivity index (χ0v) is 17.1. The van der Waals surface area contributed by atoms with E-state index >= 15 is 0 Å². The lowest BCUT2D eigenvalue weighted by atomic mass is 9.98. The molecule has 1 unspecified atom stereocenters. The molecule has 2 aromatic rings. The molecule has 0 amide bonds. The van der Waals surface area contributed by atoms with Crippen LogP contribution in [0.5, 0.6) is 5.75 Å². The van der Waals surface area contributed by atoms with E-state index in [0.717, 1.165) is 38.5 Å². The van der Waals surface area contributed by atoms with E-state index in [9.17, 15) is 18.5 Å². The van der Waals surface area contributed by atoms with Gasteiger partial charge in [0.25, 0.3) is 5.69 Å². The molecule has 1 aliphatic rings. The first-order chi connectivity index (χ1) is 13.9. The summed E-state index contributed by atoms with van der Waals surface area (Å²) in [7, 11) is -2.55. The third kappa shape index (κ3) is 5.53. The van der Waals surface area contributed by atoms with Crippen LogP contribution in [-0.2, 0) is 16.6 Å². The minimum Gasteiger partial charge on any atom is -0.495 e. The monoisotopic (exact) mass is 419 g/mol. The molecule has 29 heavy (non-hydrogen) atoms. The number of piperidine rings is 1. The molecule has 0 aliphatic carbocycles. The van der Waals surface area contributed by atoms with Crippen LogP contribution >= 0.6 is 0 Å². The number of likely N-dealkylation sites (tertiary alicyclic amines) is 1. The third-order valence-corrected chi connectivity index (χ3v) is 6.52. The van der Waals surface area contributed by atoms with Crippen molar-refractivity contribution in [1.82, 2.24) is 9.62 Å². The molecular formula is C20H25N3O5S. The summed E-state index contributed by atoms with van der Waals surface area (Å²) in [4.78, 5) is 12.6. The SMILES string of the molecule is COc1cc([N+](=O)[O-])ccc1S(=O)(=O)NCC1CCCN(Cc2ccccc2)C1. The van der Waals surface area contributed by atoms with E-state index in [2.05, 4.69) is 21.8 Å². The van der Waals surface area contributed by atoms with Crippen molar-refractivity contribution in [3.63, 3.8) is 0 Å². The Kier molecular flexibility index (Phi) is 6.83. The molecule has 2 aromatic carbocycles. The number of benzene rings is 2. The molecule has 0 radical (unpaired) electrons. The van der Waals surface area contributed by atoms with Crippen LogP contribution in [-0.4, -0.2) is 45.0 Å². The lowest BCUT2D eigenvalue weighted by molar-refractivity contribution is -0.385. The number of ether oxygens (including phenoxy) is 1. The number of hydrogen-bond acceptors (Lipinski definition) is 6. The number of nitro groups is 1. The van der Waals surface area contributed by atoms with Gasteiger partial charge in [0.2, 0.25) is 10.0 Å². The van der Waals surface area contributed by atoms with Gasteiger partial charge in [0.1, 0.15) is 10.6 Å². The summed E-state index contributed by atoms with van der Waals surface area (Å²) in [5.74, 6) is 0.160. The number of nitro benzene ring substituents is 1. The number of non-ortho nitro benzene ring substituents is 1. The van der Waals surface area contributed by atoms with E-state index in [1.54, 1.807) is 0 Å². The highest BCUT2D eigenvalue weighted by atomic mass is 32.2. The molecule has 0 saturated carbocycles. The van der Waals surface area contributed by atoms with Crippen LogP contribution in [0.3, 0.4) is 0 Å². The van der Waals surface area contributed by atoms with Crippen LogP contribution < -0.4 is 9.46 Å². The standard InChI is InChI=1S/C20H25N3O5S/c1-28-19-12-18(23(24)25)9-10-20(19)29(26,27)21-13-17-8-5-11-22(15-17)14-16-6-3-2-4-7-16/h2-4,6-7,9-10,12,17,21H,5,8,11,13-15H2,1H3. The van der Waals surface area contributed by atoms with Gasteiger partial charge in [-0.2, -0.15) is 0 Å². The molecule has 1 N–H and O–H groups in total. The molecule has 1 heterocycles. The minimum absolute atomic E-state index is 0.0407. The van der Waals surface area contributed by atoms with Crippen LogP contribution in [0.4, 0.5) is 5.69 Å². The Bertz CT molecular complexity index is 950. The number of sulfonamides is 1. The molecular weight excluding hydrogens is 394 g/mol. The molecule has 0 bridgehead atoms. The van der Waals surface area contributed by atoms with Crippen molar-refractivity contribution in [3.05, 3.63) is 64.2 Å². The lowest BCUT2D eigenvalue weighted by Crippen LogP contribution is -2.40. The van der Waals surface area contributed by atoms with Crippen molar-refractivity contribution in [3.8, 4) is 5.75 Å². The largest absolute Gasteiger partial charge is 0.495 e. The summed E-state index contributed by atoms with van der Waals surface area (Å²) in [5.41, 5.74) is 1.02. The summed E-state index contributed by atoms with van der Waals surface area (Å²) in [5, 5.41) is 10.9. The summed E-state index contributed by atoms with van der Waals surface area (Å²) in [6, 6.07) is 13.7. The van der Waals surface area contributed by atoms with Gasteiger partial charge >= 0.3 is 0 Å². The fraction of sp³-hybridized carbons (Fsp3) is 0.400. The fourth-order valence-corrected chi connectivity index (χ4v) is 4.87. The quantitative estimate of drug-likeness (QED) is 0.521. The zero-order chi connectivity index (χ0) is 20.9. The van der Waals surface area contributed by atoms with Gasteiger partial charge in [-0.15, -0.1) is 0 Å². The predicted molar refractivity (Wildman–Crippen MR) is 109 cm³/mol. The Morgan fingerprint density at radius 1 is 1.24 bits per heavy atom. The number of methoxy groups -OCH3 is 1. The Balaban J connectivity index is 1.63. The maximum atomic E-state index is 12.7. The maximum absolute atomic E-state index is 12.7. The highest BCUT2D eigenvalue weighted by molar-refractivity contribution is 7.89. The summed E-state index contributed by atoms with van der Waals surface area (Å²) >= 11 is 0. The first-order valence-corrected chi connectivity index (χ1v) is 11.0. The zero-order valence-electron chi connectivity index (χ0n) is 16.3. The van der Waals surface area contributed by atoms with Gasteiger partial charge in [0, 0.05) is 25.7 Å². The van der Waals surface area contributed by atoms with Gasteiger partial charge in [-0.1, -0.05) is 30.3 Å². The average molecular weight is 420 g/mol.